The van der Waals surface area contributed by atoms with Crippen LogP contribution < -0.4 is 10.4 Å². The molecule has 3 rings (SSSR count). The highest BCUT2D eigenvalue weighted by molar-refractivity contribution is 6.91. The van der Waals surface area contributed by atoms with Crippen molar-refractivity contribution < 1.29 is 0 Å². The van der Waals surface area contributed by atoms with Crippen molar-refractivity contribution in [1.82, 2.24) is 0 Å². The van der Waals surface area contributed by atoms with Gasteiger partial charge < -0.3 is 0 Å². The molecule has 22 heavy (non-hydrogen) atoms. The van der Waals surface area contributed by atoms with Gasteiger partial charge in [0, 0.05) is 6.42 Å². The minimum absolute atomic E-state index is 0.823. The zero-order valence-electron chi connectivity index (χ0n) is 12.4. The van der Waals surface area contributed by atoms with E-state index in [0.717, 1.165) is 6.42 Å². The Morgan fingerprint density at radius 1 is 0.591 bits per heavy atom. The van der Waals surface area contributed by atoms with Crippen molar-refractivity contribution >= 4 is 19.2 Å². The van der Waals surface area contributed by atoms with E-state index in [1.165, 1.54) is 15.9 Å². The minimum atomic E-state index is -1.45. The summed E-state index contributed by atoms with van der Waals surface area (Å²) in [4.78, 5) is 0. The van der Waals surface area contributed by atoms with E-state index in [1.54, 1.807) is 0 Å². The Balaban J connectivity index is 1.87. The lowest BCUT2D eigenvalue weighted by Gasteiger charge is -2.09. The van der Waals surface area contributed by atoms with Gasteiger partial charge in [0.15, 0.2) is 8.80 Å². The third-order valence-electron chi connectivity index (χ3n) is 3.65. The summed E-state index contributed by atoms with van der Waals surface area (Å²) in [6.45, 7) is 0. The molecule has 3 aromatic carbocycles. The molecule has 0 bridgehead atoms. The van der Waals surface area contributed by atoms with Crippen LogP contribution in [0.15, 0.2) is 91.0 Å². The fourth-order valence-corrected chi connectivity index (χ4v) is 4.74. The van der Waals surface area contributed by atoms with E-state index in [9.17, 15) is 0 Å². The molecule has 0 saturated heterocycles. The molecular weight excluding hydrogens is 280 g/mol. The van der Waals surface area contributed by atoms with Crippen molar-refractivity contribution in [2.45, 2.75) is 6.42 Å². The van der Waals surface area contributed by atoms with Crippen molar-refractivity contribution in [2.24, 2.45) is 0 Å². The molecule has 0 fully saturated rings. The largest absolute Gasteiger partial charge is 0.183 e. The van der Waals surface area contributed by atoms with Crippen LogP contribution >= 0.6 is 0 Å². The van der Waals surface area contributed by atoms with Crippen molar-refractivity contribution in [3.05, 3.63) is 96.6 Å². The van der Waals surface area contributed by atoms with Crippen LogP contribution in [0.1, 0.15) is 5.56 Å². The second kappa shape index (κ2) is 7.45. The first kappa shape index (κ1) is 14.4. The quantitative estimate of drug-likeness (QED) is 0.515. The molecule has 3 aromatic rings. The van der Waals surface area contributed by atoms with Crippen LogP contribution in [0.3, 0.4) is 0 Å². The van der Waals surface area contributed by atoms with Gasteiger partial charge in [-0.3, -0.25) is 0 Å². The highest BCUT2D eigenvalue weighted by Crippen LogP contribution is 1.98. The topological polar surface area (TPSA) is 0 Å². The van der Waals surface area contributed by atoms with Crippen molar-refractivity contribution in [1.29, 1.82) is 0 Å². The van der Waals surface area contributed by atoms with Crippen molar-refractivity contribution in [3.8, 4) is 11.5 Å². The zero-order chi connectivity index (χ0) is 15.0. The van der Waals surface area contributed by atoms with Gasteiger partial charge in [-0.2, -0.15) is 0 Å². The third-order valence-corrected chi connectivity index (χ3v) is 6.24. The van der Waals surface area contributed by atoms with E-state index in [0.29, 0.717) is 0 Å². The van der Waals surface area contributed by atoms with Gasteiger partial charge >= 0.3 is 0 Å². The van der Waals surface area contributed by atoms with Gasteiger partial charge in [0.1, 0.15) is 0 Å². The summed E-state index contributed by atoms with van der Waals surface area (Å²) in [7, 11) is -1.45. The van der Waals surface area contributed by atoms with Gasteiger partial charge in [-0.05, 0) is 15.9 Å². The molecule has 0 amide bonds. The van der Waals surface area contributed by atoms with E-state index in [1.807, 2.05) is 6.07 Å². The molecule has 0 spiro atoms. The van der Waals surface area contributed by atoms with Gasteiger partial charge in [0.25, 0.3) is 0 Å². The van der Waals surface area contributed by atoms with Gasteiger partial charge in [0.2, 0.25) is 0 Å². The first-order chi connectivity index (χ1) is 10.9. The first-order valence-electron chi connectivity index (χ1n) is 7.56. The summed E-state index contributed by atoms with van der Waals surface area (Å²) >= 11 is 0. The summed E-state index contributed by atoms with van der Waals surface area (Å²) in [5, 5.41) is 2.77. The van der Waals surface area contributed by atoms with Crippen LogP contribution in [0.4, 0.5) is 0 Å². The van der Waals surface area contributed by atoms with E-state index in [2.05, 4.69) is 96.4 Å². The minimum Gasteiger partial charge on any atom is -0.124 e. The maximum atomic E-state index is 3.59. The number of benzene rings is 3. The lowest BCUT2D eigenvalue weighted by Crippen LogP contribution is -2.41. The predicted molar refractivity (Wildman–Crippen MR) is 97.2 cm³/mol. The smallest absolute Gasteiger partial charge is 0.124 e. The number of hydrogen-bond acceptors (Lipinski definition) is 0. The summed E-state index contributed by atoms with van der Waals surface area (Å²) in [6.07, 6.45) is 0.823. The maximum absolute atomic E-state index is 3.59. The SMILES string of the molecule is C(#C[SiH](c1ccccc1)c1ccccc1)Cc1ccccc1. The molecule has 0 aliphatic heterocycles. The molecule has 0 nitrogen and oxygen atoms in total. The number of rotatable bonds is 3. The van der Waals surface area contributed by atoms with Crippen LogP contribution in [0.5, 0.6) is 0 Å². The van der Waals surface area contributed by atoms with Crippen LogP contribution in [-0.2, 0) is 6.42 Å². The zero-order valence-corrected chi connectivity index (χ0v) is 13.6. The summed E-state index contributed by atoms with van der Waals surface area (Å²) in [5.41, 5.74) is 4.87. The van der Waals surface area contributed by atoms with Crippen LogP contribution in [0, 0.1) is 11.5 Å². The van der Waals surface area contributed by atoms with E-state index in [-0.39, 0.29) is 0 Å². The lowest BCUT2D eigenvalue weighted by molar-refractivity contribution is 1.32. The Morgan fingerprint density at radius 3 is 1.55 bits per heavy atom. The fraction of sp³-hybridized carbons (Fsp3) is 0.0476. The van der Waals surface area contributed by atoms with Crippen LogP contribution in [0.2, 0.25) is 0 Å². The standard InChI is InChI=1S/C21H18Si/c1-4-11-19(12-5-1)13-10-18-22(20-14-6-2-7-15-20)21-16-8-3-9-17-21/h1-9,11-12,14-17,22H,13H2. The molecule has 0 unspecified atom stereocenters. The fourth-order valence-electron chi connectivity index (χ4n) is 2.50. The van der Waals surface area contributed by atoms with E-state index < -0.39 is 8.80 Å². The Kier molecular flexibility index (Phi) is 4.87. The number of hydrogen-bond donors (Lipinski definition) is 0. The average Bonchev–Trinajstić information content (AvgIpc) is 2.61. The lowest BCUT2D eigenvalue weighted by atomic mass is 10.2. The molecule has 0 saturated carbocycles. The predicted octanol–water partition coefficient (Wildman–Crippen LogP) is 2.81. The Morgan fingerprint density at radius 2 is 1.05 bits per heavy atom. The highest BCUT2D eigenvalue weighted by atomic mass is 28.3. The second-order valence-electron chi connectivity index (χ2n) is 5.24. The summed E-state index contributed by atoms with van der Waals surface area (Å²) in [5.74, 6) is 3.41. The second-order valence-corrected chi connectivity index (χ2v) is 7.73. The van der Waals surface area contributed by atoms with Gasteiger partial charge in [-0.25, -0.2) is 0 Å². The van der Waals surface area contributed by atoms with Gasteiger partial charge in [-0.1, -0.05) is 91.0 Å². The molecule has 1 heteroatoms. The van der Waals surface area contributed by atoms with Gasteiger partial charge in [-0.15, -0.1) is 11.5 Å². The third kappa shape index (κ3) is 3.75. The molecule has 0 aliphatic rings. The first-order valence-corrected chi connectivity index (χ1v) is 9.29. The summed E-state index contributed by atoms with van der Waals surface area (Å²) < 4.78 is 0. The summed E-state index contributed by atoms with van der Waals surface area (Å²) in [6, 6.07) is 31.9. The Labute approximate surface area is 134 Å². The molecule has 0 heterocycles. The van der Waals surface area contributed by atoms with Crippen LogP contribution in [-0.4, -0.2) is 8.80 Å². The Hall–Kier alpha value is -2.56. The Bertz CT molecular complexity index is 713. The average molecular weight is 298 g/mol. The molecular formula is C21H18Si. The molecule has 0 radical (unpaired) electrons. The van der Waals surface area contributed by atoms with Crippen molar-refractivity contribution in [2.75, 3.05) is 0 Å². The maximum Gasteiger partial charge on any atom is 0.183 e. The van der Waals surface area contributed by atoms with E-state index >= 15 is 0 Å². The molecule has 0 atom stereocenters. The molecule has 106 valence electrons. The van der Waals surface area contributed by atoms with Crippen molar-refractivity contribution in [3.63, 3.8) is 0 Å². The highest BCUT2D eigenvalue weighted by Gasteiger charge is 2.12. The van der Waals surface area contributed by atoms with Gasteiger partial charge in [0.05, 0.1) is 0 Å². The molecule has 0 N–H and O–H groups in total. The van der Waals surface area contributed by atoms with Crippen LogP contribution in [0.25, 0.3) is 0 Å². The van der Waals surface area contributed by atoms with E-state index in [4.69, 9.17) is 0 Å². The normalized spacial score (nSPS) is 10.0. The molecule has 0 aliphatic carbocycles. The monoisotopic (exact) mass is 298 g/mol. The molecule has 0 aromatic heterocycles.